The largest absolute Gasteiger partial charge is 0.354 e. The molecule has 0 aromatic heterocycles. The van der Waals surface area contributed by atoms with Crippen LogP contribution in [0.2, 0.25) is 0 Å². The van der Waals surface area contributed by atoms with Gasteiger partial charge in [0, 0.05) is 18.6 Å². The average molecular weight is 267 g/mol. The van der Waals surface area contributed by atoms with Crippen LogP contribution < -0.4 is 11.1 Å². The maximum absolute atomic E-state index is 12.3. The van der Waals surface area contributed by atoms with Crippen LogP contribution in [0.4, 0.5) is 0 Å². The van der Waals surface area contributed by atoms with Crippen LogP contribution in [0.1, 0.15) is 51.9 Å². The molecule has 2 fully saturated rings. The molecule has 4 heteroatoms. The summed E-state index contributed by atoms with van der Waals surface area (Å²) in [5, 5.41) is 3.13. The minimum absolute atomic E-state index is 0.0354. The molecule has 0 aromatic carbocycles. The lowest BCUT2D eigenvalue weighted by molar-refractivity contribution is -0.126. The van der Waals surface area contributed by atoms with Crippen LogP contribution in [0, 0.1) is 5.92 Å². The minimum atomic E-state index is 0.0354. The third kappa shape index (κ3) is 4.18. The van der Waals surface area contributed by atoms with E-state index >= 15 is 0 Å². The van der Waals surface area contributed by atoms with E-state index in [2.05, 4.69) is 17.1 Å². The van der Waals surface area contributed by atoms with Gasteiger partial charge in [0.15, 0.2) is 0 Å². The highest BCUT2D eigenvalue weighted by Gasteiger charge is 2.27. The van der Waals surface area contributed by atoms with Crippen molar-refractivity contribution in [1.29, 1.82) is 0 Å². The van der Waals surface area contributed by atoms with E-state index in [9.17, 15) is 4.79 Å². The van der Waals surface area contributed by atoms with Crippen LogP contribution in [0.5, 0.6) is 0 Å². The summed E-state index contributed by atoms with van der Waals surface area (Å²) in [4.78, 5) is 14.7. The monoisotopic (exact) mass is 267 g/mol. The Kier molecular flexibility index (Phi) is 5.64. The standard InChI is InChI=1S/C15H29N3O/c1-12(18-9-5-6-10-18)11-17-15(19)13-7-3-2-4-8-14(13)16/h12-14H,2-11,16H2,1H3,(H,17,19). The molecule has 4 nitrogen and oxygen atoms in total. The number of nitrogens with one attached hydrogen (secondary N) is 1. The van der Waals surface area contributed by atoms with Crippen molar-refractivity contribution in [3.8, 4) is 0 Å². The summed E-state index contributed by atoms with van der Waals surface area (Å²) < 4.78 is 0. The van der Waals surface area contributed by atoms with E-state index in [1.165, 1.54) is 38.8 Å². The van der Waals surface area contributed by atoms with E-state index in [0.717, 1.165) is 25.8 Å². The Hall–Kier alpha value is -0.610. The van der Waals surface area contributed by atoms with Crippen LogP contribution >= 0.6 is 0 Å². The fourth-order valence-corrected chi connectivity index (χ4v) is 3.35. The molecular weight excluding hydrogens is 238 g/mol. The van der Waals surface area contributed by atoms with Gasteiger partial charge in [-0.3, -0.25) is 9.69 Å². The van der Waals surface area contributed by atoms with E-state index in [4.69, 9.17) is 5.73 Å². The summed E-state index contributed by atoms with van der Waals surface area (Å²) in [6.07, 6.45) is 8.10. The SMILES string of the molecule is CC(CNC(=O)C1CCCCCC1N)N1CCCC1. The van der Waals surface area contributed by atoms with Crippen molar-refractivity contribution in [2.75, 3.05) is 19.6 Å². The molecule has 2 rings (SSSR count). The lowest BCUT2D eigenvalue weighted by atomic mass is 9.94. The number of likely N-dealkylation sites (tertiary alicyclic amines) is 1. The molecule has 3 atom stereocenters. The number of amides is 1. The van der Waals surface area contributed by atoms with E-state index in [-0.39, 0.29) is 17.9 Å². The predicted molar refractivity (Wildman–Crippen MR) is 77.8 cm³/mol. The molecule has 1 aliphatic carbocycles. The number of nitrogens with zero attached hydrogens (tertiary/aromatic N) is 1. The number of nitrogens with two attached hydrogens (primary N) is 1. The molecule has 0 bridgehead atoms. The van der Waals surface area contributed by atoms with Gasteiger partial charge in [-0.1, -0.05) is 19.3 Å². The smallest absolute Gasteiger partial charge is 0.224 e. The number of rotatable bonds is 4. The first-order valence-electron chi connectivity index (χ1n) is 7.96. The van der Waals surface area contributed by atoms with Crippen molar-refractivity contribution in [2.24, 2.45) is 11.7 Å². The molecule has 3 N–H and O–H groups in total. The second-order valence-corrected chi connectivity index (χ2v) is 6.25. The Morgan fingerprint density at radius 1 is 1.21 bits per heavy atom. The summed E-state index contributed by atoms with van der Waals surface area (Å²) in [7, 11) is 0. The van der Waals surface area contributed by atoms with Crippen molar-refractivity contribution in [3.63, 3.8) is 0 Å². The molecule has 1 saturated heterocycles. The topological polar surface area (TPSA) is 58.4 Å². The highest BCUT2D eigenvalue weighted by Crippen LogP contribution is 2.22. The van der Waals surface area contributed by atoms with Crippen LogP contribution in [0.15, 0.2) is 0 Å². The average Bonchev–Trinajstić information content (AvgIpc) is 2.85. The van der Waals surface area contributed by atoms with Crippen LogP contribution in [-0.2, 0) is 4.79 Å². The molecule has 1 heterocycles. The van der Waals surface area contributed by atoms with Gasteiger partial charge in [-0.15, -0.1) is 0 Å². The van der Waals surface area contributed by atoms with Gasteiger partial charge in [-0.25, -0.2) is 0 Å². The number of hydrogen-bond donors (Lipinski definition) is 2. The van der Waals surface area contributed by atoms with Crippen LogP contribution in [0.3, 0.4) is 0 Å². The Morgan fingerprint density at radius 2 is 1.89 bits per heavy atom. The first-order chi connectivity index (χ1) is 9.18. The molecule has 1 amide bonds. The number of carbonyl (C=O) groups excluding carboxylic acids is 1. The van der Waals surface area contributed by atoms with Crippen molar-refractivity contribution < 1.29 is 4.79 Å². The maximum atomic E-state index is 12.3. The van der Waals surface area contributed by atoms with Gasteiger partial charge in [0.05, 0.1) is 5.92 Å². The predicted octanol–water partition coefficient (Wildman–Crippen LogP) is 1.49. The first kappa shape index (κ1) is 14.8. The zero-order chi connectivity index (χ0) is 13.7. The Morgan fingerprint density at radius 3 is 2.63 bits per heavy atom. The second-order valence-electron chi connectivity index (χ2n) is 6.25. The third-order valence-corrected chi connectivity index (χ3v) is 4.74. The molecule has 3 unspecified atom stereocenters. The van der Waals surface area contributed by atoms with Gasteiger partial charge >= 0.3 is 0 Å². The third-order valence-electron chi connectivity index (χ3n) is 4.74. The number of hydrogen-bond acceptors (Lipinski definition) is 3. The van der Waals surface area contributed by atoms with Crippen molar-refractivity contribution >= 4 is 5.91 Å². The Bertz CT molecular complexity index is 289. The molecule has 0 spiro atoms. The van der Waals surface area contributed by atoms with Gasteiger partial charge < -0.3 is 11.1 Å². The van der Waals surface area contributed by atoms with E-state index in [1.807, 2.05) is 0 Å². The fourth-order valence-electron chi connectivity index (χ4n) is 3.35. The first-order valence-corrected chi connectivity index (χ1v) is 7.96. The lowest BCUT2D eigenvalue weighted by Crippen LogP contribution is -2.46. The van der Waals surface area contributed by atoms with Crippen molar-refractivity contribution in [1.82, 2.24) is 10.2 Å². The van der Waals surface area contributed by atoms with E-state index in [1.54, 1.807) is 0 Å². The van der Waals surface area contributed by atoms with Gasteiger partial charge in [-0.2, -0.15) is 0 Å². The van der Waals surface area contributed by atoms with E-state index in [0.29, 0.717) is 6.04 Å². The van der Waals surface area contributed by atoms with Gasteiger partial charge in [0.1, 0.15) is 0 Å². The van der Waals surface area contributed by atoms with E-state index < -0.39 is 0 Å². The zero-order valence-corrected chi connectivity index (χ0v) is 12.2. The van der Waals surface area contributed by atoms with Gasteiger partial charge in [0.2, 0.25) is 5.91 Å². The highest BCUT2D eigenvalue weighted by molar-refractivity contribution is 5.79. The molecule has 1 aliphatic heterocycles. The Labute approximate surface area is 117 Å². The molecule has 0 aromatic rings. The lowest BCUT2D eigenvalue weighted by Gasteiger charge is -2.26. The van der Waals surface area contributed by atoms with Crippen molar-refractivity contribution in [2.45, 2.75) is 64.0 Å². The number of carbonyl (C=O) groups is 1. The van der Waals surface area contributed by atoms with Crippen LogP contribution in [0.25, 0.3) is 0 Å². The molecular formula is C15H29N3O. The maximum Gasteiger partial charge on any atom is 0.224 e. The fraction of sp³-hybridized carbons (Fsp3) is 0.933. The summed E-state index contributed by atoms with van der Waals surface area (Å²) in [5.41, 5.74) is 6.14. The molecule has 19 heavy (non-hydrogen) atoms. The molecule has 2 aliphatic rings. The van der Waals surface area contributed by atoms with Gasteiger partial charge in [0.25, 0.3) is 0 Å². The summed E-state index contributed by atoms with van der Waals surface area (Å²) >= 11 is 0. The van der Waals surface area contributed by atoms with Crippen LogP contribution in [-0.4, -0.2) is 42.5 Å². The summed E-state index contributed by atoms with van der Waals surface area (Å²) in [6.45, 7) is 5.33. The molecule has 1 saturated carbocycles. The molecule has 110 valence electrons. The van der Waals surface area contributed by atoms with Gasteiger partial charge in [-0.05, 0) is 45.7 Å². The second kappa shape index (κ2) is 7.25. The highest BCUT2D eigenvalue weighted by atomic mass is 16.1. The minimum Gasteiger partial charge on any atom is -0.354 e. The Balaban J connectivity index is 1.76. The summed E-state index contributed by atoms with van der Waals surface area (Å²) in [5.74, 6) is 0.216. The normalized spacial score (nSPS) is 30.8. The zero-order valence-electron chi connectivity index (χ0n) is 12.2. The summed E-state index contributed by atoms with van der Waals surface area (Å²) in [6, 6.07) is 0.512. The quantitative estimate of drug-likeness (QED) is 0.759. The molecule has 0 radical (unpaired) electrons. The van der Waals surface area contributed by atoms with Crippen molar-refractivity contribution in [3.05, 3.63) is 0 Å².